The molecule has 0 radical (unpaired) electrons. The molecule has 3 saturated carbocycles. The molecule has 3 fully saturated rings. The van der Waals surface area contributed by atoms with Crippen LogP contribution >= 0.6 is 12.2 Å². The van der Waals surface area contributed by atoms with Crippen LogP contribution in [0.25, 0.3) is 0 Å². The minimum absolute atomic E-state index is 0.452. The lowest BCUT2D eigenvalue weighted by molar-refractivity contribution is 0.0308. The zero-order valence-corrected chi connectivity index (χ0v) is 13.8. The van der Waals surface area contributed by atoms with Gasteiger partial charge in [-0.2, -0.15) is 4.99 Å². The molecule has 1 nitrogen and oxygen atoms in total. The number of nitrogens with zero attached hydrogens (tertiary/aromatic N) is 1. The van der Waals surface area contributed by atoms with Gasteiger partial charge in [0.05, 0.1) is 10.8 Å². The minimum atomic E-state index is 0.452. The third-order valence-corrected chi connectivity index (χ3v) is 6.21. The molecule has 3 aliphatic carbocycles. The number of benzene rings is 1. The summed E-state index contributed by atoms with van der Waals surface area (Å²) in [5.41, 5.74) is 3.59. The van der Waals surface area contributed by atoms with Crippen LogP contribution in [0.5, 0.6) is 0 Å². The predicted octanol–water partition coefficient (Wildman–Crippen LogP) is 6.20. The van der Waals surface area contributed by atoms with Crippen LogP contribution in [0.15, 0.2) is 29.3 Å². The van der Waals surface area contributed by atoms with Crippen LogP contribution in [0.1, 0.15) is 70.3 Å². The monoisotopic (exact) mass is 299 g/mol. The summed E-state index contributed by atoms with van der Waals surface area (Å²) in [5.74, 6) is 0. The third-order valence-electron chi connectivity index (χ3n) is 6.12. The van der Waals surface area contributed by atoms with E-state index in [0.29, 0.717) is 10.8 Å². The SMILES string of the molecule is CCCCC12CCC(c3ccc(N=C=S)cc3)(CC1)CC2. The Labute approximate surface area is 133 Å². The molecule has 2 heteroatoms. The standard InChI is InChI=1S/C19H25NS/c1-2-3-8-18-9-12-19(13-10-18,14-11-18)16-4-6-17(7-5-16)20-15-21/h4-7H,2-3,8-14H2,1H3. The van der Waals surface area contributed by atoms with Crippen molar-refractivity contribution in [3.8, 4) is 0 Å². The van der Waals surface area contributed by atoms with E-state index in [0.717, 1.165) is 5.69 Å². The van der Waals surface area contributed by atoms with Gasteiger partial charge in [0, 0.05) is 0 Å². The molecule has 0 aromatic heterocycles. The van der Waals surface area contributed by atoms with Gasteiger partial charge in [-0.25, -0.2) is 0 Å². The quantitative estimate of drug-likeness (QED) is 0.465. The highest BCUT2D eigenvalue weighted by Gasteiger charge is 2.48. The molecule has 3 aliphatic rings. The highest BCUT2D eigenvalue weighted by atomic mass is 32.1. The molecular formula is C19H25NS. The average Bonchev–Trinajstić information content (AvgIpc) is 2.56. The summed E-state index contributed by atoms with van der Waals surface area (Å²) < 4.78 is 0. The van der Waals surface area contributed by atoms with Crippen molar-refractivity contribution in [2.45, 2.75) is 70.1 Å². The van der Waals surface area contributed by atoms with Crippen molar-refractivity contribution in [1.29, 1.82) is 0 Å². The van der Waals surface area contributed by atoms with E-state index in [1.54, 1.807) is 0 Å². The number of unbranched alkanes of at least 4 members (excludes halogenated alkanes) is 1. The summed E-state index contributed by atoms with van der Waals surface area (Å²) in [6.45, 7) is 2.32. The fourth-order valence-corrected chi connectivity index (χ4v) is 4.67. The molecule has 1 aromatic rings. The van der Waals surface area contributed by atoms with Gasteiger partial charge in [0.1, 0.15) is 0 Å². The number of aliphatic imine (C=N–C) groups is 1. The van der Waals surface area contributed by atoms with Gasteiger partial charge in [0.25, 0.3) is 0 Å². The number of isothiocyanates is 1. The van der Waals surface area contributed by atoms with Crippen molar-refractivity contribution in [2.75, 3.05) is 0 Å². The molecule has 21 heavy (non-hydrogen) atoms. The van der Waals surface area contributed by atoms with E-state index in [1.165, 1.54) is 63.4 Å². The summed E-state index contributed by atoms with van der Waals surface area (Å²) >= 11 is 4.67. The van der Waals surface area contributed by atoms with Crippen LogP contribution in [0.2, 0.25) is 0 Å². The van der Waals surface area contributed by atoms with Crippen LogP contribution in [0, 0.1) is 5.41 Å². The molecule has 0 N–H and O–H groups in total. The number of rotatable bonds is 5. The van der Waals surface area contributed by atoms with Crippen LogP contribution in [0.3, 0.4) is 0 Å². The largest absolute Gasteiger partial charge is 0.195 e. The smallest absolute Gasteiger partial charge is 0.0739 e. The summed E-state index contributed by atoms with van der Waals surface area (Å²) in [6.07, 6.45) is 12.7. The normalized spacial score (nSPS) is 30.9. The first-order valence-corrected chi connectivity index (χ1v) is 8.81. The summed E-state index contributed by atoms with van der Waals surface area (Å²) in [4.78, 5) is 4.06. The van der Waals surface area contributed by atoms with E-state index in [-0.39, 0.29) is 0 Å². The second-order valence-electron chi connectivity index (χ2n) is 7.13. The Hall–Kier alpha value is -0.980. The summed E-state index contributed by atoms with van der Waals surface area (Å²) in [5, 5.41) is 2.45. The van der Waals surface area contributed by atoms with E-state index in [9.17, 15) is 0 Å². The van der Waals surface area contributed by atoms with Crippen LogP contribution in [-0.4, -0.2) is 5.16 Å². The lowest BCUT2D eigenvalue weighted by atomic mass is 9.51. The first-order valence-electron chi connectivity index (χ1n) is 8.40. The molecule has 0 saturated heterocycles. The first kappa shape index (κ1) is 14.9. The Morgan fingerprint density at radius 3 is 2.19 bits per heavy atom. The van der Waals surface area contributed by atoms with E-state index in [2.05, 4.69) is 53.6 Å². The second kappa shape index (κ2) is 6.02. The predicted molar refractivity (Wildman–Crippen MR) is 92.5 cm³/mol. The maximum Gasteiger partial charge on any atom is 0.0739 e. The molecule has 0 heterocycles. The van der Waals surface area contributed by atoms with E-state index >= 15 is 0 Å². The van der Waals surface area contributed by atoms with Crippen molar-refractivity contribution in [2.24, 2.45) is 10.4 Å². The molecule has 1 aromatic carbocycles. The van der Waals surface area contributed by atoms with Crippen molar-refractivity contribution in [1.82, 2.24) is 0 Å². The molecule has 112 valence electrons. The van der Waals surface area contributed by atoms with Gasteiger partial charge < -0.3 is 0 Å². The second-order valence-corrected chi connectivity index (χ2v) is 7.32. The maximum absolute atomic E-state index is 4.67. The number of hydrogen-bond donors (Lipinski definition) is 0. The molecule has 0 amide bonds. The number of thiocarbonyl (C=S) groups is 1. The van der Waals surface area contributed by atoms with Gasteiger partial charge in [-0.15, -0.1) is 0 Å². The van der Waals surface area contributed by atoms with E-state index in [4.69, 9.17) is 0 Å². The Bertz CT molecular complexity index is 515. The Balaban J connectivity index is 1.75. The molecular weight excluding hydrogens is 274 g/mol. The molecule has 2 bridgehead atoms. The molecule has 0 atom stereocenters. The minimum Gasteiger partial charge on any atom is -0.195 e. The molecule has 0 aliphatic heterocycles. The zero-order valence-electron chi connectivity index (χ0n) is 13.0. The fourth-order valence-electron chi connectivity index (χ4n) is 4.57. The molecule has 0 spiro atoms. The third kappa shape index (κ3) is 2.84. The van der Waals surface area contributed by atoms with Gasteiger partial charge in [-0.1, -0.05) is 31.9 Å². The van der Waals surface area contributed by atoms with Gasteiger partial charge in [-0.3, -0.25) is 0 Å². The average molecular weight is 299 g/mol. The van der Waals surface area contributed by atoms with Crippen molar-refractivity contribution >= 4 is 23.1 Å². The Kier molecular flexibility index (Phi) is 4.28. The molecule has 0 unspecified atom stereocenters. The van der Waals surface area contributed by atoms with Gasteiger partial charge in [0.15, 0.2) is 0 Å². The highest BCUT2D eigenvalue weighted by molar-refractivity contribution is 7.78. The van der Waals surface area contributed by atoms with Crippen molar-refractivity contribution < 1.29 is 0 Å². The molecule has 4 rings (SSSR count). The van der Waals surface area contributed by atoms with Crippen molar-refractivity contribution in [3.05, 3.63) is 29.8 Å². The van der Waals surface area contributed by atoms with E-state index in [1.807, 2.05) is 0 Å². The zero-order chi connectivity index (χ0) is 14.8. The Morgan fingerprint density at radius 2 is 1.67 bits per heavy atom. The van der Waals surface area contributed by atoms with E-state index < -0.39 is 0 Å². The lowest BCUT2D eigenvalue weighted by Gasteiger charge is -2.54. The summed E-state index contributed by atoms with van der Waals surface area (Å²) in [6, 6.07) is 8.74. The number of fused-ring (bicyclic) bond motifs is 3. The van der Waals surface area contributed by atoms with Crippen LogP contribution in [-0.2, 0) is 5.41 Å². The van der Waals surface area contributed by atoms with Gasteiger partial charge in [-0.05, 0) is 85.7 Å². The van der Waals surface area contributed by atoms with Crippen LogP contribution < -0.4 is 0 Å². The summed E-state index contributed by atoms with van der Waals surface area (Å²) in [7, 11) is 0. The lowest BCUT2D eigenvalue weighted by Crippen LogP contribution is -2.44. The first-order chi connectivity index (χ1) is 10.2. The van der Waals surface area contributed by atoms with Gasteiger partial charge in [0.2, 0.25) is 0 Å². The topological polar surface area (TPSA) is 12.4 Å². The van der Waals surface area contributed by atoms with Gasteiger partial charge >= 0.3 is 0 Å². The maximum atomic E-state index is 4.67. The fraction of sp³-hybridized carbons (Fsp3) is 0.632. The van der Waals surface area contributed by atoms with Crippen molar-refractivity contribution in [3.63, 3.8) is 0 Å². The van der Waals surface area contributed by atoms with Crippen LogP contribution in [0.4, 0.5) is 5.69 Å². The number of hydrogen-bond acceptors (Lipinski definition) is 2. The highest BCUT2D eigenvalue weighted by Crippen LogP contribution is 2.59. The Morgan fingerprint density at radius 1 is 1.05 bits per heavy atom.